The lowest BCUT2D eigenvalue weighted by Gasteiger charge is -2.20. The van der Waals surface area contributed by atoms with Crippen LogP contribution in [0.25, 0.3) is 0 Å². The monoisotopic (exact) mass is 173 g/mol. The van der Waals surface area contributed by atoms with E-state index in [1.807, 2.05) is 0 Å². The summed E-state index contributed by atoms with van der Waals surface area (Å²) in [6, 6.07) is 0.211. The van der Waals surface area contributed by atoms with Gasteiger partial charge in [0.05, 0.1) is 6.10 Å². The van der Waals surface area contributed by atoms with Gasteiger partial charge in [0.1, 0.15) is 6.79 Å². The lowest BCUT2D eigenvalue weighted by atomic mass is 10.1. The van der Waals surface area contributed by atoms with Crippen LogP contribution >= 0.6 is 0 Å². The Morgan fingerprint density at radius 2 is 2.00 bits per heavy atom. The zero-order valence-corrected chi connectivity index (χ0v) is 7.79. The van der Waals surface area contributed by atoms with Crippen LogP contribution in [0.5, 0.6) is 0 Å². The molecule has 3 nitrogen and oxygen atoms in total. The third-order valence-corrected chi connectivity index (χ3v) is 2.40. The molecule has 0 heterocycles. The van der Waals surface area contributed by atoms with Crippen LogP contribution in [0.1, 0.15) is 32.1 Å². The van der Waals surface area contributed by atoms with E-state index in [2.05, 4.69) is 0 Å². The van der Waals surface area contributed by atoms with Crippen LogP contribution in [0.2, 0.25) is 0 Å². The van der Waals surface area contributed by atoms with Gasteiger partial charge >= 0.3 is 0 Å². The van der Waals surface area contributed by atoms with Crippen LogP contribution in [0.15, 0.2) is 0 Å². The summed E-state index contributed by atoms with van der Waals surface area (Å²) in [5.74, 6) is 0. The van der Waals surface area contributed by atoms with Crippen LogP contribution in [0.4, 0.5) is 0 Å². The van der Waals surface area contributed by atoms with Gasteiger partial charge in [-0.25, -0.2) is 0 Å². The number of hydrogen-bond donors (Lipinski definition) is 1. The SMILES string of the molecule is COCOC1CCCCCC1N. The van der Waals surface area contributed by atoms with Gasteiger partial charge < -0.3 is 15.2 Å². The lowest BCUT2D eigenvalue weighted by molar-refractivity contribution is -0.0811. The molecule has 0 saturated heterocycles. The Morgan fingerprint density at radius 1 is 1.25 bits per heavy atom. The smallest absolute Gasteiger partial charge is 0.146 e. The second-order valence-corrected chi connectivity index (χ2v) is 3.41. The molecule has 3 heteroatoms. The van der Waals surface area contributed by atoms with Crippen LogP contribution in [0.3, 0.4) is 0 Å². The van der Waals surface area contributed by atoms with E-state index in [-0.39, 0.29) is 12.1 Å². The zero-order valence-electron chi connectivity index (χ0n) is 7.79. The highest BCUT2D eigenvalue weighted by atomic mass is 16.7. The van der Waals surface area contributed by atoms with E-state index in [0.29, 0.717) is 6.79 Å². The maximum absolute atomic E-state index is 5.94. The number of rotatable bonds is 3. The minimum Gasteiger partial charge on any atom is -0.359 e. The first-order valence-corrected chi connectivity index (χ1v) is 4.70. The predicted molar refractivity (Wildman–Crippen MR) is 47.8 cm³/mol. The van der Waals surface area contributed by atoms with Gasteiger partial charge in [0.2, 0.25) is 0 Å². The third kappa shape index (κ3) is 3.09. The van der Waals surface area contributed by atoms with E-state index >= 15 is 0 Å². The number of methoxy groups -OCH3 is 1. The van der Waals surface area contributed by atoms with E-state index in [4.69, 9.17) is 15.2 Å². The fraction of sp³-hybridized carbons (Fsp3) is 1.00. The van der Waals surface area contributed by atoms with Crippen molar-refractivity contribution in [1.29, 1.82) is 0 Å². The molecule has 2 atom stereocenters. The van der Waals surface area contributed by atoms with Gasteiger partial charge in [-0.1, -0.05) is 19.3 Å². The lowest BCUT2D eigenvalue weighted by Crippen LogP contribution is -2.36. The van der Waals surface area contributed by atoms with Crippen molar-refractivity contribution >= 4 is 0 Å². The maximum atomic E-state index is 5.94. The molecule has 0 aromatic heterocycles. The average Bonchev–Trinajstić information content (AvgIpc) is 2.27. The van der Waals surface area contributed by atoms with E-state index in [1.165, 1.54) is 19.3 Å². The molecule has 2 unspecified atom stereocenters. The topological polar surface area (TPSA) is 44.5 Å². The molecule has 0 bridgehead atoms. The summed E-state index contributed by atoms with van der Waals surface area (Å²) in [6.07, 6.45) is 6.17. The van der Waals surface area contributed by atoms with Crippen molar-refractivity contribution in [3.63, 3.8) is 0 Å². The highest BCUT2D eigenvalue weighted by Gasteiger charge is 2.20. The third-order valence-electron chi connectivity index (χ3n) is 2.40. The van der Waals surface area contributed by atoms with Crippen molar-refractivity contribution in [2.24, 2.45) is 5.73 Å². The molecular weight excluding hydrogens is 154 g/mol. The summed E-state index contributed by atoms with van der Waals surface area (Å²) in [4.78, 5) is 0. The van der Waals surface area contributed by atoms with E-state index in [0.717, 1.165) is 12.8 Å². The summed E-state index contributed by atoms with van der Waals surface area (Å²) < 4.78 is 10.3. The Hall–Kier alpha value is -0.120. The van der Waals surface area contributed by atoms with Crippen molar-refractivity contribution in [1.82, 2.24) is 0 Å². The second-order valence-electron chi connectivity index (χ2n) is 3.41. The Bertz CT molecular complexity index is 119. The molecule has 0 radical (unpaired) electrons. The molecule has 0 amide bonds. The van der Waals surface area contributed by atoms with Gasteiger partial charge in [-0.05, 0) is 12.8 Å². The Morgan fingerprint density at radius 3 is 2.75 bits per heavy atom. The Kier molecular flexibility index (Phi) is 4.58. The van der Waals surface area contributed by atoms with E-state index < -0.39 is 0 Å². The van der Waals surface area contributed by atoms with Crippen molar-refractivity contribution in [3.05, 3.63) is 0 Å². The highest BCUT2D eigenvalue weighted by molar-refractivity contribution is 4.76. The molecule has 72 valence electrons. The molecule has 0 aliphatic heterocycles. The number of nitrogens with two attached hydrogens (primary N) is 1. The minimum atomic E-state index is 0.211. The fourth-order valence-corrected chi connectivity index (χ4v) is 1.66. The van der Waals surface area contributed by atoms with Gasteiger partial charge in [0.15, 0.2) is 0 Å². The molecule has 1 rings (SSSR count). The summed E-state index contributed by atoms with van der Waals surface area (Å²) >= 11 is 0. The summed E-state index contributed by atoms with van der Waals surface area (Å²) in [7, 11) is 1.64. The minimum absolute atomic E-state index is 0.211. The molecule has 12 heavy (non-hydrogen) atoms. The standard InChI is InChI=1S/C9H19NO2/c1-11-7-12-9-6-4-2-3-5-8(9)10/h8-9H,2-7,10H2,1H3. The molecule has 0 spiro atoms. The first kappa shape index (κ1) is 9.96. The zero-order chi connectivity index (χ0) is 8.81. The molecule has 0 aromatic rings. The van der Waals surface area contributed by atoms with Gasteiger partial charge in [-0.15, -0.1) is 0 Å². The van der Waals surface area contributed by atoms with Crippen LogP contribution in [0, 0.1) is 0 Å². The van der Waals surface area contributed by atoms with Gasteiger partial charge in [-0.3, -0.25) is 0 Å². The molecule has 1 fully saturated rings. The molecule has 1 aliphatic rings. The summed E-state index contributed by atoms with van der Waals surface area (Å²) in [5.41, 5.74) is 5.94. The molecule has 0 aromatic carbocycles. The van der Waals surface area contributed by atoms with E-state index in [1.54, 1.807) is 7.11 Å². The number of ether oxygens (including phenoxy) is 2. The Labute approximate surface area is 74.2 Å². The molecule has 1 aliphatic carbocycles. The van der Waals surface area contributed by atoms with Crippen LogP contribution in [-0.4, -0.2) is 26.0 Å². The molecule has 2 N–H and O–H groups in total. The quantitative estimate of drug-likeness (QED) is 0.516. The largest absolute Gasteiger partial charge is 0.359 e. The van der Waals surface area contributed by atoms with Gasteiger partial charge in [-0.2, -0.15) is 0 Å². The van der Waals surface area contributed by atoms with Crippen molar-refractivity contribution < 1.29 is 9.47 Å². The maximum Gasteiger partial charge on any atom is 0.146 e. The fourth-order valence-electron chi connectivity index (χ4n) is 1.66. The normalized spacial score (nSPS) is 31.5. The van der Waals surface area contributed by atoms with Crippen molar-refractivity contribution in [2.75, 3.05) is 13.9 Å². The van der Waals surface area contributed by atoms with Crippen molar-refractivity contribution in [3.8, 4) is 0 Å². The van der Waals surface area contributed by atoms with E-state index in [9.17, 15) is 0 Å². The first-order chi connectivity index (χ1) is 5.84. The summed E-state index contributed by atoms with van der Waals surface area (Å²) in [5, 5.41) is 0. The van der Waals surface area contributed by atoms with Crippen LogP contribution in [-0.2, 0) is 9.47 Å². The highest BCUT2D eigenvalue weighted by Crippen LogP contribution is 2.18. The predicted octanol–water partition coefficient (Wildman–Crippen LogP) is 1.27. The second kappa shape index (κ2) is 5.51. The molecule has 1 saturated carbocycles. The van der Waals surface area contributed by atoms with Gasteiger partial charge in [0, 0.05) is 13.2 Å². The average molecular weight is 173 g/mol. The van der Waals surface area contributed by atoms with Gasteiger partial charge in [0.25, 0.3) is 0 Å². The summed E-state index contributed by atoms with van der Waals surface area (Å²) in [6.45, 7) is 0.373. The van der Waals surface area contributed by atoms with Crippen LogP contribution < -0.4 is 5.73 Å². The molecular formula is C9H19NO2. The first-order valence-electron chi connectivity index (χ1n) is 4.70. The number of hydrogen-bond acceptors (Lipinski definition) is 3. The van der Waals surface area contributed by atoms with Crippen molar-refractivity contribution in [2.45, 2.75) is 44.2 Å². The Balaban J connectivity index is 2.26.